The highest BCUT2D eigenvalue weighted by molar-refractivity contribution is 5.96. The summed E-state index contributed by atoms with van der Waals surface area (Å²) in [5.41, 5.74) is 9.74. The molecule has 2 aromatic rings. The molecule has 0 aliphatic heterocycles. The summed E-state index contributed by atoms with van der Waals surface area (Å²) in [5.74, 6) is 0.227. The van der Waals surface area contributed by atoms with Gasteiger partial charge in [-0.1, -0.05) is 32.0 Å². The zero-order valence-electron chi connectivity index (χ0n) is 15.6. The summed E-state index contributed by atoms with van der Waals surface area (Å²) in [5, 5.41) is 5.80. The fourth-order valence-electron chi connectivity index (χ4n) is 2.57. The third-order valence-corrected chi connectivity index (χ3v) is 4.11. The number of hydrogen-bond donors (Lipinski definition) is 3. The molecule has 0 radical (unpaired) electrons. The van der Waals surface area contributed by atoms with Crippen LogP contribution in [0.4, 0.5) is 11.4 Å². The number of nitrogens with two attached hydrogens (primary N) is 1. The van der Waals surface area contributed by atoms with Crippen molar-refractivity contribution in [3.63, 3.8) is 0 Å². The van der Waals surface area contributed by atoms with Gasteiger partial charge in [0.1, 0.15) is 0 Å². The van der Waals surface area contributed by atoms with Gasteiger partial charge in [-0.15, -0.1) is 0 Å². The van der Waals surface area contributed by atoms with Crippen LogP contribution < -0.4 is 16.4 Å². The van der Waals surface area contributed by atoms with Crippen molar-refractivity contribution >= 4 is 23.2 Å². The second-order valence-corrected chi connectivity index (χ2v) is 6.88. The molecule has 0 aromatic heterocycles. The van der Waals surface area contributed by atoms with Crippen LogP contribution in [0.2, 0.25) is 0 Å². The standard InChI is InChI=1S/C21H27N3O2/c1-14(2)13-23-21(26)17-8-10-19(15(3)12-17)24-20(25)11-9-16-6-4-5-7-18(16)22/h4-8,10,12,14H,9,11,13,22H2,1-3H3,(H,23,26)(H,24,25). The highest BCUT2D eigenvalue weighted by atomic mass is 16.2. The summed E-state index contributed by atoms with van der Waals surface area (Å²) in [4.78, 5) is 24.3. The molecular weight excluding hydrogens is 326 g/mol. The summed E-state index contributed by atoms with van der Waals surface area (Å²) >= 11 is 0. The molecule has 2 amide bonds. The van der Waals surface area contributed by atoms with Crippen LogP contribution in [0.25, 0.3) is 0 Å². The molecule has 2 rings (SSSR count). The van der Waals surface area contributed by atoms with Gasteiger partial charge < -0.3 is 16.4 Å². The number of nitrogens with one attached hydrogen (secondary N) is 2. The van der Waals surface area contributed by atoms with Crippen LogP contribution in [0, 0.1) is 12.8 Å². The van der Waals surface area contributed by atoms with Crippen LogP contribution in [0.1, 0.15) is 41.8 Å². The molecule has 0 heterocycles. The highest BCUT2D eigenvalue weighted by Crippen LogP contribution is 2.18. The molecule has 26 heavy (non-hydrogen) atoms. The molecule has 5 nitrogen and oxygen atoms in total. The predicted octanol–water partition coefficient (Wildman–Crippen LogP) is 3.53. The largest absolute Gasteiger partial charge is 0.399 e. The first-order valence-electron chi connectivity index (χ1n) is 8.89. The van der Waals surface area contributed by atoms with E-state index in [1.165, 1.54) is 0 Å². The van der Waals surface area contributed by atoms with E-state index in [9.17, 15) is 9.59 Å². The smallest absolute Gasteiger partial charge is 0.251 e. The van der Waals surface area contributed by atoms with E-state index in [1.807, 2.05) is 45.0 Å². The van der Waals surface area contributed by atoms with E-state index in [0.29, 0.717) is 36.6 Å². The van der Waals surface area contributed by atoms with E-state index in [1.54, 1.807) is 18.2 Å². The Kier molecular flexibility index (Phi) is 6.78. The fraction of sp³-hybridized carbons (Fsp3) is 0.333. The summed E-state index contributed by atoms with van der Waals surface area (Å²) in [6, 6.07) is 12.8. The van der Waals surface area contributed by atoms with Gasteiger partial charge in [0, 0.05) is 29.9 Å². The maximum atomic E-state index is 12.2. The Balaban J connectivity index is 1.93. The van der Waals surface area contributed by atoms with Gasteiger partial charge in [-0.05, 0) is 54.7 Å². The van der Waals surface area contributed by atoms with E-state index in [-0.39, 0.29) is 11.8 Å². The number of carbonyl (C=O) groups excluding carboxylic acids is 2. The number of rotatable bonds is 7. The van der Waals surface area contributed by atoms with Crippen molar-refractivity contribution in [3.8, 4) is 0 Å². The number of aryl methyl sites for hydroxylation is 2. The molecule has 0 aliphatic carbocycles. The normalized spacial score (nSPS) is 10.6. The van der Waals surface area contributed by atoms with Crippen molar-refractivity contribution in [2.75, 3.05) is 17.6 Å². The lowest BCUT2D eigenvalue weighted by Crippen LogP contribution is -2.27. The highest BCUT2D eigenvalue weighted by Gasteiger charge is 2.10. The maximum absolute atomic E-state index is 12.2. The summed E-state index contributed by atoms with van der Waals surface area (Å²) in [7, 11) is 0. The molecule has 0 saturated heterocycles. The van der Waals surface area contributed by atoms with Crippen LogP contribution in [-0.2, 0) is 11.2 Å². The predicted molar refractivity (Wildman–Crippen MR) is 106 cm³/mol. The van der Waals surface area contributed by atoms with Crippen molar-refractivity contribution in [2.45, 2.75) is 33.6 Å². The first-order chi connectivity index (χ1) is 12.4. The lowest BCUT2D eigenvalue weighted by molar-refractivity contribution is -0.116. The molecule has 4 N–H and O–H groups in total. The van der Waals surface area contributed by atoms with E-state index >= 15 is 0 Å². The molecule has 0 saturated carbocycles. The van der Waals surface area contributed by atoms with Gasteiger partial charge in [-0.25, -0.2) is 0 Å². The Bertz CT molecular complexity index is 785. The van der Waals surface area contributed by atoms with Gasteiger partial charge in [0.25, 0.3) is 5.91 Å². The Morgan fingerprint density at radius 3 is 2.50 bits per heavy atom. The zero-order valence-corrected chi connectivity index (χ0v) is 15.6. The van der Waals surface area contributed by atoms with Crippen molar-refractivity contribution in [1.29, 1.82) is 0 Å². The number of hydrogen-bond acceptors (Lipinski definition) is 3. The molecule has 0 fully saturated rings. The minimum absolute atomic E-state index is 0.0756. The second-order valence-electron chi connectivity index (χ2n) is 6.88. The van der Waals surface area contributed by atoms with E-state index < -0.39 is 0 Å². The molecule has 0 atom stereocenters. The van der Waals surface area contributed by atoms with E-state index in [2.05, 4.69) is 10.6 Å². The lowest BCUT2D eigenvalue weighted by atomic mass is 10.1. The number of nitrogen functional groups attached to an aromatic ring is 1. The number of amides is 2. The van der Waals surface area contributed by atoms with Crippen LogP contribution in [-0.4, -0.2) is 18.4 Å². The van der Waals surface area contributed by atoms with E-state index in [0.717, 1.165) is 16.8 Å². The average Bonchev–Trinajstić information content (AvgIpc) is 2.60. The van der Waals surface area contributed by atoms with Crippen molar-refractivity contribution in [2.24, 2.45) is 5.92 Å². The van der Waals surface area contributed by atoms with Gasteiger partial charge in [-0.2, -0.15) is 0 Å². The van der Waals surface area contributed by atoms with Crippen LogP contribution >= 0.6 is 0 Å². The summed E-state index contributed by atoms with van der Waals surface area (Å²) in [6.45, 7) is 6.61. The molecule has 0 aliphatic rings. The Morgan fingerprint density at radius 2 is 1.85 bits per heavy atom. The first kappa shape index (κ1) is 19.5. The van der Waals surface area contributed by atoms with Crippen molar-refractivity contribution < 1.29 is 9.59 Å². The second kappa shape index (κ2) is 9.04. The van der Waals surface area contributed by atoms with Crippen LogP contribution in [0.15, 0.2) is 42.5 Å². The SMILES string of the molecule is Cc1cc(C(=O)NCC(C)C)ccc1NC(=O)CCc1ccccc1N. The number of anilines is 2. The number of benzene rings is 2. The van der Waals surface area contributed by atoms with Crippen LogP contribution in [0.3, 0.4) is 0 Å². The monoisotopic (exact) mass is 353 g/mol. The summed E-state index contributed by atoms with van der Waals surface area (Å²) in [6.07, 6.45) is 0.942. The molecule has 2 aromatic carbocycles. The molecule has 138 valence electrons. The van der Waals surface area contributed by atoms with Gasteiger partial charge in [0.15, 0.2) is 0 Å². The van der Waals surface area contributed by atoms with Crippen LogP contribution in [0.5, 0.6) is 0 Å². The maximum Gasteiger partial charge on any atom is 0.251 e. The molecule has 0 unspecified atom stereocenters. The zero-order chi connectivity index (χ0) is 19.1. The van der Waals surface area contributed by atoms with Gasteiger partial charge in [-0.3, -0.25) is 9.59 Å². The summed E-state index contributed by atoms with van der Waals surface area (Å²) < 4.78 is 0. The third kappa shape index (κ3) is 5.62. The molecule has 0 spiro atoms. The number of carbonyl (C=O) groups is 2. The van der Waals surface area contributed by atoms with Crippen molar-refractivity contribution in [1.82, 2.24) is 5.32 Å². The Labute approximate surface area is 155 Å². The van der Waals surface area contributed by atoms with Gasteiger partial charge in [0.2, 0.25) is 5.91 Å². The average molecular weight is 353 g/mol. The molecule has 5 heteroatoms. The quantitative estimate of drug-likeness (QED) is 0.666. The van der Waals surface area contributed by atoms with Crippen molar-refractivity contribution in [3.05, 3.63) is 59.2 Å². The minimum atomic E-state index is -0.0979. The Morgan fingerprint density at radius 1 is 1.12 bits per heavy atom. The Hall–Kier alpha value is -2.82. The minimum Gasteiger partial charge on any atom is -0.399 e. The van der Waals surface area contributed by atoms with E-state index in [4.69, 9.17) is 5.73 Å². The number of para-hydroxylation sites is 1. The van der Waals surface area contributed by atoms with Gasteiger partial charge >= 0.3 is 0 Å². The fourth-order valence-corrected chi connectivity index (χ4v) is 2.57. The molecule has 0 bridgehead atoms. The topological polar surface area (TPSA) is 84.2 Å². The third-order valence-electron chi connectivity index (χ3n) is 4.11. The first-order valence-corrected chi connectivity index (χ1v) is 8.89. The van der Waals surface area contributed by atoms with Gasteiger partial charge in [0.05, 0.1) is 0 Å². The lowest BCUT2D eigenvalue weighted by Gasteiger charge is -2.12. The molecular formula is C21H27N3O2.